The van der Waals surface area contributed by atoms with Crippen molar-refractivity contribution in [1.82, 2.24) is 19.9 Å². The molecule has 13 heteroatoms. The van der Waals surface area contributed by atoms with E-state index in [2.05, 4.69) is 15.3 Å². The van der Waals surface area contributed by atoms with Crippen LogP contribution in [0.1, 0.15) is 30.1 Å². The summed E-state index contributed by atoms with van der Waals surface area (Å²) in [6.07, 6.45) is 4.76. The molecule has 0 radical (unpaired) electrons. The Morgan fingerprint density at radius 3 is 2.51 bits per heavy atom. The number of nitrogens with zero attached hydrogens (tertiary/aromatic N) is 4. The van der Waals surface area contributed by atoms with Gasteiger partial charge in [0.05, 0.1) is 22.7 Å². The number of carbonyl (C=O) groups excluding carboxylic acids is 2. The first-order valence-corrected chi connectivity index (χ1v) is 14.1. The van der Waals surface area contributed by atoms with Crippen LogP contribution in [0.5, 0.6) is 0 Å². The predicted octanol–water partition coefficient (Wildman–Crippen LogP) is 4.63. The minimum absolute atomic E-state index is 0.106. The molecule has 10 nitrogen and oxygen atoms in total. The number of fused-ring (bicyclic) bond motifs is 1. The van der Waals surface area contributed by atoms with Crippen LogP contribution in [0.2, 0.25) is 10.3 Å². The second-order valence-electron chi connectivity index (χ2n) is 8.44. The second-order valence-corrected chi connectivity index (χ2v) is 11.1. The Kier molecular flexibility index (Phi) is 8.73. The third-order valence-electron chi connectivity index (χ3n) is 5.80. The largest absolute Gasteiger partial charge is 0.464 e. The smallest absolute Gasteiger partial charge is 0.326 e. The van der Waals surface area contributed by atoms with Crippen LogP contribution in [0.4, 0.5) is 5.69 Å². The summed E-state index contributed by atoms with van der Waals surface area (Å²) in [4.78, 5) is 32.7. The normalized spacial score (nSPS) is 11.4. The second kappa shape index (κ2) is 12.0. The number of carbonyl (C=O) groups is 2. The molecule has 1 N–H and O–H groups in total. The number of nitrogens with one attached hydrogen (secondary N) is 1. The fourth-order valence-corrected chi connectivity index (χ4v) is 5.88. The van der Waals surface area contributed by atoms with Crippen LogP contribution in [0.25, 0.3) is 16.7 Å². The number of ether oxygens (including phenoxy) is 1. The SMILES string of the molecule is CCCCOC(=O)CN(c1ccc2c(ccn2-c2cc(C(=O)NC)ccn2)c1)S(=O)(=O)c1cc(Cl)nc(Cl)c1. The van der Waals surface area contributed by atoms with Gasteiger partial charge in [0, 0.05) is 30.4 Å². The molecule has 0 atom stereocenters. The molecule has 4 rings (SSSR count). The maximum atomic E-state index is 13.7. The molecule has 0 unspecified atom stereocenters. The summed E-state index contributed by atoms with van der Waals surface area (Å²) in [6.45, 7) is 1.57. The third-order valence-corrected chi connectivity index (χ3v) is 7.94. The molecule has 0 saturated carbocycles. The number of unbranched alkanes of at least 4 members (excludes halogenated alkanes) is 1. The number of anilines is 1. The Morgan fingerprint density at radius 2 is 1.82 bits per heavy atom. The first-order chi connectivity index (χ1) is 18.6. The van der Waals surface area contributed by atoms with Gasteiger partial charge in [0.15, 0.2) is 0 Å². The average Bonchev–Trinajstić information content (AvgIpc) is 3.34. The first kappa shape index (κ1) is 28.3. The number of halogens is 2. The van der Waals surface area contributed by atoms with Crippen molar-refractivity contribution >= 4 is 61.7 Å². The van der Waals surface area contributed by atoms with Gasteiger partial charge < -0.3 is 14.6 Å². The number of hydrogen-bond acceptors (Lipinski definition) is 7. The molecule has 0 bridgehead atoms. The van der Waals surface area contributed by atoms with E-state index in [-0.39, 0.29) is 33.4 Å². The third kappa shape index (κ3) is 6.32. The van der Waals surface area contributed by atoms with E-state index in [1.165, 1.54) is 6.20 Å². The molecule has 0 aliphatic rings. The van der Waals surface area contributed by atoms with Crippen molar-refractivity contribution in [2.45, 2.75) is 24.7 Å². The van der Waals surface area contributed by atoms with Gasteiger partial charge in [-0.2, -0.15) is 0 Å². The Bertz CT molecular complexity index is 1620. The van der Waals surface area contributed by atoms with Crippen molar-refractivity contribution in [2.75, 3.05) is 24.5 Å². The summed E-state index contributed by atoms with van der Waals surface area (Å²) < 4.78 is 35.4. The van der Waals surface area contributed by atoms with Gasteiger partial charge in [0.25, 0.3) is 15.9 Å². The van der Waals surface area contributed by atoms with E-state index in [1.807, 2.05) is 6.92 Å². The van der Waals surface area contributed by atoms with Gasteiger partial charge in [-0.1, -0.05) is 36.5 Å². The number of sulfonamides is 1. The lowest BCUT2D eigenvalue weighted by atomic mass is 10.2. The van der Waals surface area contributed by atoms with E-state index in [4.69, 9.17) is 27.9 Å². The number of amides is 1. The highest BCUT2D eigenvalue weighted by Crippen LogP contribution is 2.30. The number of esters is 1. The number of pyridine rings is 2. The Hall–Kier alpha value is -3.67. The topological polar surface area (TPSA) is 123 Å². The maximum absolute atomic E-state index is 13.7. The zero-order valence-corrected chi connectivity index (χ0v) is 23.4. The van der Waals surface area contributed by atoms with Gasteiger partial charge in [-0.15, -0.1) is 0 Å². The lowest BCUT2D eigenvalue weighted by Gasteiger charge is -2.24. The summed E-state index contributed by atoms with van der Waals surface area (Å²) in [7, 11) is -2.75. The molecule has 39 heavy (non-hydrogen) atoms. The standard InChI is InChI=1S/C26H25Cl2N5O5S/c1-3-4-11-38-25(34)16-33(39(36,37)20-14-22(27)31-23(28)15-20)19-5-6-21-17(12-19)8-10-32(21)24-13-18(7-9-30-24)26(35)29-2/h5-10,12-15H,3-4,11,16H2,1-2H3,(H,29,35). The molecule has 0 aliphatic carbocycles. The minimum Gasteiger partial charge on any atom is -0.464 e. The highest BCUT2D eigenvalue weighted by atomic mass is 35.5. The quantitative estimate of drug-likeness (QED) is 0.162. The molecule has 1 amide bonds. The van der Waals surface area contributed by atoms with E-state index in [0.717, 1.165) is 22.9 Å². The van der Waals surface area contributed by atoms with Crippen molar-refractivity contribution in [2.24, 2.45) is 0 Å². The van der Waals surface area contributed by atoms with Crippen LogP contribution in [0, 0.1) is 0 Å². The fraction of sp³-hybridized carbons (Fsp3) is 0.231. The molecular weight excluding hydrogens is 565 g/mol. The molecule has 4 aromatic rings. The van der Waals surface area contributed by atoms with Gasteiger partial charge in [-0.05, 0) is 55.0 Å². The monoisotopic (exact) mass is 589 g/mol. The van der Waals surface area contributed by atoms with E-state index in [0.29, 0.717) is 28.7 Å². The number of hydrogen-bond donors (Lipinski definition) is 1. The highest BCUT2D eigenvalue weighted by molar-refractivity contribution is 7.92. The van der Waals surface area contributed by atoms with Crippen LogP contribution in [-0.4, -0.2) is 55.0 Å². The van der Waals surface area contributed by atoms with E-state index in [1.54, 1.807) is 54.2 Å². The van der Waals surface area contributed by atoms with Crippen molar-refractivity contribution in [3.05, 3.63) is 76.8 Å². The molecule has 0 fully saturated rings. The zero-order chi connectivity index (χ0) is 28.2. The van der Waals surface area contributed by atoms with Crippen LogP contribution < -0.4 is 9.62 Å². The highest BCUT2D eigenvalue weighted by Gasteiger charge is 2.29. The van der Waals surface area contributed by atoms with E-state index < -0.39 is 22.5 Å². The number of rotatable bonds is 10. The van der Waals surface area contributed by atoms with Crippen LogP contribution in [0.15, 0.2) is 65.8 Å². The van der Waals surface area contributed by atoms with Crippen LogP contribution >= 0.6 is 23.2 Å². The molecule has 204 valence electrons. The van der Waals surface area contributed by atoms with Crippen molar-refractivity contribution in [1.29, 1.82) is 0 Å². The molecule has 0 spiro atoms. The van der Waals surface area contributed by atoms with Gasteiger partial charge in [-0.25, -0.2) is 18.4 Å². The molecule has 0 saturated heterocycles. The first-order valence-electron chi connectivity index (χ1n) is 11.9. The Morgan fingerprint density at radius 1 is 1.08 bits per heavy atom. The summed E-state index contributed by atoms with van der Waals surface area (Å²) in [5, 5.41) is 3.04. The van der Waals surface area contributed by atoms with Crippen molar-refractivity contribution < 1.29 is 22.7 Å². The lowest BCUT2D eigenvalue weighted by molar-refractivity contribution is -0.141. The van der Waals surface area contributed by atoms with Gasteiger partial charge in [0.1, 0.15) is 22.7 Å². The van der Waals surface area contributed by atoms with Gasteiger partial charge >= 0.3 is 5.97 Å². The Labute approximate surface area is 235 Å². The predicted molar refractivity (Wildman–Crippen MR) is 149 cm³/mol. The summed E-state index contributed by atoms with van der Waals surface area (Å²) in [6, 6.07) is 12.3. The minimum atomic E-state index is -4.30. The number of benzene rings is 1. The summed E-state index contributed by atoms with van der Waals surface area (Å²) >= 11 is 11.9. The van der Waals surface area contributed by atoms with E-state index >= 15 is 0 Å². The van der Waals surface area contributed by atoms with Crippen LogP contribution in [0.3, 0.4) is 0 Å². The zero-order valence-electron chi connectivity index (χ0n) is 21.1. The molecule has 0 aliphatic heterocycles. The van der Waals surface area contributed by atoms with E-state index in [9.17, 15) is 18.0 Å². The number of aromatic nitrogens is 3. The van der Waals surface area contributed by atoms with Gasteiger partial charge in [0.2, 0.25) is 0 Å². The molecule has 3 aromatic heterocycles. The molecule has 3 heterocycles. The molecular formula is C26H25Cl2N5O5S. The summed E-state index contributed by atoms with van der Waals surface area (Å²) in [5.74, 6) is -0.449. The van der Waals surface area contributed by atoms with Gasteiger partial charge in [-0.3, -0.25) is 13.9 Å². The fourth-order valence-electron chi connectivity index (χ4n) is 3.85. The summed E-state index contributed by atoms with van der Waals surface area (Å²) in [5.41, 5.74) is 1.37. The average molecular weight is 590 g/mol. The molecule has 1 aromatic carbocycles. The van der Waals surface area contributed by atoms with Crippen LogP contribution in [-0.2, 0) is 19.6 Å². The lowest BCUT2D eigenvalue weighted by Crippen LogP contribution is -2.36. The van der Waals surface area contributed by atoms with Crippen molar-refractivity contribution in [3.63, 3.8) is 0 Å². The van der Waals surface area contributed by atoms with Crippen molar-refractivity contribution in [3.8, 4) is 5.82 Å². The maximum Gasteiger partial charge on any atom is 0.326 e. The Balaban J connectivity index is 1.76.